The normalized spacial score (nSPS) is 15.5. The maximum atomic E-state index is 12.4. The molecule has 31 heavy (non-hydrogen) atoms. The summed E-state index contributed by atoms with van der Waals surface area (Å²) in [4.78, 5) is 21.0. The molecule has 1 saturated heterocycles. The Kier molecular flexibility index (Phi) is 11.1. The second-order valence-corrected chi connectivity index (χ2v) is 8.98. The maximum absolute atomic E-state index is 12.4. The van der Waals surface area contributed by atoms with Crippen LogP contribution in [0.5, 0.6) is 0 Å². The summed E-state index contributed by atoms with van der Waals surface area (Å²) in [7, 11) is 1.83. The van der Waals surface area contributed by atoms with Crippen LogP contribution < -0.4 is 5.32 Å². The average Bonchev–Trinajstić information content (AvgIpc) is 3.00. The molecule has 1 aromatic heterocycles. The number of guanidine groups is 1. The number of nitrogens with zero attached hydrogens (tertiary/aromatic N) is 4. The molecule has 0 radical (unpaired) electrons. The number of piperidine rings is 1. The summed E-state index contributed by atoms with van der Waals surface area (Å²) in [5.41, 5.74) is 1.66. The molecule has 0 unspecified atom stereocenters. The molecule has 0 atom stereocenters. The number of rotatable bonds is 6. The van der Waals surface area contributed by atoms with Crippen LogP contribution in [0.1, 0.15) is 57.6 Å². The Balaban J connectivity index is 0.00000480. The quantitative estimate of drug-likeness (QED) is 0.328. The van der Waals surface area contributed by atoms with E-state index in [2.05, 4.69) is 20.4 Å². The Morgan fingerprint density at radius 1 is 1.32 bits per heavy atom. The molecule has 0 aromatic carbocycles. The van der Waals surface area contributed by atoms with E-state index in [1.54, 1.807) is 0 Å². The number of hydrogen-bond donors (Lipinski definition) is 1. The summed E-state index contributed by atoms with van der Waals surface area (Å²) >= 11 is 0. The molecule has 1 aromatic rings. The third-order valence-corrected chi connectivity index (χ3v) is 5.48. The molecule has 1 aliphatic heterocycles. The summed E-state index contributed by atoms with van der Waals surface area (Å²) < 4.78 is 10.8. The molecule has 0 bridgehead atoms. The lowest BCUT2D eigenvalue weighted by molar-refractivity contribution is 0.0214. The van der Waals surface area contributed by atoms with Crippen molar-refractivity contribution in [1.82, 2.24) is 20.3 Å². The topological polar surface area (TPSA) is 83.2 Å². The number of nitrogens with one attached hydrogen (secondary N) is 1. The number of halogens is 1. The van der Waals surface area contributed by atoms with E-state index in [4.69, 9.17) is 9.26 Å². The lowest BCUT2D eigenvalue weighted by Gasteiger charge is -2.36. The SMILES string of the molecule is CCN(CC1CCN(C(=NC)NCCc2c(C)noc2C)CC1)C(=O)OC(C)(C)C.I. The summed E-state index contributed by atoms with van der Waals surface area (Å²) in [6.45, 7) is 15.7. The molecular weight excluding hydrogens is 509 g/mol. The maximum Gasteiger partial charge on any atom is 0.410 e. The van der Waals surface area contributed by atoms with Crippen molar-refractivity contribution in [3.8, 4) is 0 Å². The lowest BCUT2D eigenvalue weighted by Crippen LogP contribution is -2.48. The summed E-state index contributed by atoms with van der Waals surface area (Å²) in [5, 5.41) is 7.48. The van der Waals surface area contributed by atoms with E-state index in [1.807, 2.05) is 53.5 Å². The van der Waals surface area contributed by atoms with Crippen molar-refractivity contribution < 1.29 is 14.1 Å². The first kappa shape index (κ1) is 27.5. The first-order valence-corrected chi connectivity index (χ1v) is 11.0. The van der Waals surface area contributed by atoms with Gasteiger partial charge in [0.05, 0.1) is 5.69 Å². The molecule has 2 heterocycles. The Hall–Kier alpha value is -1.52. The van der Waals surface area contributed by atoms with Gasteiger partial charge in [0.1, 0.15) is 11.4 Å². The van der Waals surface area contributed by atoms with Crippen LogP contribution in [0.4, 0.5) is 4.79 Å². The third-order valence-electron chi connectivity index (χ3n) is 5.48. The van der Waals surface area contributed by atoms with Crippen molar-refractivity contribution >= 4 is 36.0 Å². The lowest BCUT2D eigenvalue weighted by atomic mass is 9.96. The molecule has 0 aliphatic carbocycles. The van der Waals surface area contributed by atoms with E-state index in [-0.39, 0.29) is 30.1 Å². The van der Waals surface area contributed by atoms with Gasteiger partial charge in [-0.15, -0.1) is 24.0 Å². The third kappa shape index (κ3) is 8.50. The van der Waals surface area contributed by atoms with Gasteiger partial charge >= 0.3 is 6.09 Å². The van der Waals surface area contributed by atoms with Crippen molar-refractivity contribution in [2.75, 3.05) is 39.8 Å². The predicted molar refractivity (Wildman–Crippen MR) is 134 cm³/mol. The van der Waals surface area contributed by atoms with E-state index in [9.17, 15) is 4.79 Å². The van der Waals surface area contributed by atoms with Crippen LogP contribution in [0.15, 0.2) is 9.52 Å². The minimum absolute atomic E-state index is 0. The van der Waals surface area contributed by atoms with Crippen molar-refractivity contribution in [2.24, 2.45) is 10.9 Å². The Morgan fingerprint density at radius 2 is 1.97 bits per heavy atom. The zero-order valence-electron chi connectivity index (χ0n) is 20.2. The van der Waals surface area contributed by atoms with Gasteiger partial charge in [-0.3, -0.25) is 4.99 Å². The van der Waals surface area contributed by atoms with Gasteiger partial charge in [0.15, 0.2) is 5.96 Å². The van der Waals surface area contributed by atoms with Crippen molar-refractivity contribution in [1.29, 1.82) is 0 Å². The zero-order valence-corrected chi connectivity index (χ0v) is 22.5. The molecule has 1 N–H and O–H groups in total. The first-order valence-electron chi connectivity index (χ1n) is 11.0. The van der Waals surface area contributed by atoms with E-state index < -0.39 is 5.60 Å². The number of aromatic nitrogens is 1. The molecule has 2 rings (SSSR count). The number of hydrogen-bond acceptors (Lipinski definition) is 5. The highest BCUT2D eigenvalue weighted by Crippen LogP contribution is 2.20. The van der Waals surface area contributed by atoms with Gasteiger partial charge in [0.2, 0.25) is 0 Å². The molecule has 178 valence electrons. The highest BCUT2D eigenvalue weighted by Gasteiger charge is 2.27. The van der Waals surface area contributed by atoms with Crippen LogP contribution in [0.25, 0.3) is 0 Å². The zero-order chi connectivity index (χ0) is 22.3. The number of aliphatic imine (C=N–C) groups is 1. The van der Waals surface area contributed by atoms with Crippen LogP contribution in [0.3, 0.4) is 0 Å². The van der Waals surface area contributed by atoms with Gasteiger partial charge in [-0.25, -0.2) is 4.79 Å². The van der Waals surface area contributed by atoms with Crippen LogP contribution in [0.2, 0.25) is 0 Å². The van der Waals surface area contributed by atoms with Gasteiger partial charge in [-0.2, -0.15) is 0 Å². The summed E-state index contributed by atoms with van der Waals surface area (Å²) in [5.74, 6) is 2.30. The average molecular weight is 549 g/mol. The number of carbonyl (C=O) groups excluding carboxylic acids is 1. The second kappa shape index (κ2) is 12.5. The molecular formula is C22H40IN5O3. The molecule has 9 heteroatoms. The Bertz CT molecular complexity index is 702. The second-order valence-electron chi connectivity index (χ2n) is 8.98. The minimum atomic E-state index is -0.463. The van der Waals surface area contributed by atoms with E-state index in [0.717, 1.165) is 62.9 Å². The van der Waals surface area contributed by atoms with Crippen molar-refractivity contribution in [3.63, 3.8) is 0 Å². The van der Waals surface area contributed by atoms with Crippen molar-refractivity contribution in [3.05, 3.63) is 17.0 Å². The molecule has 0 spiro atoms. The van der Waals surface area contributed by atoms with Gasteiger partial charge in [-0.05, 0) is 66.7 Å². The van der Waals surface area contributed by atoms with E-state index >= 15 is 0 Å². The smallest absolute Gasteiger partial charge is 0.410 e. The van der Waals surface area contributed by atoms with Gasteiger partial charge < -0.3 is 24.4 Å². The van der Waals surface area contributed by atoms with Crippen molar-refractivity contribution in [2.45, 2.75) is 66.4 Å². The molecule has 1 aliphatic rings. The van der Waals surface area contributed by atoms with Gasteiger partial charge in [-0.1, -0.05) is 5.16 Å². The number of carbonyl (C=O) groups is 1. The summed E-state index contributed by atoms with van der Waals surface area (Å²) in [6, 6.07) is 0. The molecule has 1 amide bonds. The van der Waals surface area contributed by atoms with E-state index in [0.29, 0.717) is 12.5 Å². The van der Waals surface area contributed by atoms with Crippen LogP contribution in [-0.2, 0) is 11.2 Å². The fourth-order valence-corrected chi connectivity index (χ4v) is 3.79. The Morgan fingerprint density at radius 3 is 2.45 bits per heavy atom. The first-order chi connectivity index (χ1) is 14.1. The van der Waals surface area contributed by atoms with Crippen LogP contribution in [-0.4, -0.2) is 72.4 Å². The van der Waals surface area contributed by atoms with Gasteiger partial charge in [0.25, 0.3) is 0 Å². The Labute approximate surface area is 204 Å². The number of aryl methyl sites for hydroxylation is 2. The summed E-state index contributed by atoms with van der Waals surface area (Å²) in [6.07, 6.45) is 2.70. The highest BCUT2D eigenvalue weighted by atomic mass is 127. The standard InChI is InChI=1S/C22H39N5O3.HI/c1-8-26(21(28)29-22(4,5)6)15-18-10-13-27(14-11-18)20(23-7)24-12-9-19-16(2)25-30-17(19)3;/h18H,8-15H2,1-7H3,(H,23,24);1H. The number of likely N-dealkylation sites (tertiary alicyclic amines) is 1. The number of ether oxygens (including phenoxy) is 1. The fraction of sp³-hybridized carbons (Fsp3) is 0.773. The molecule has 0 saturated carbocycles. The van der Waals surface area contributed by atoms with E-state index in [1.165, 1.54) is 5.56 Å². The molecule has 8 nitrogen and oxygen atoms in total. The predicted octanol–water partition coefficient (Wildman–Crippen LogP) is 4.00. The molecule has 1 fully saturated rings. The van der Waals surface area contributed by atoms with Gasteiger partial charge in [0, 0.05) is 45.3 Å². The largest absolute Gasteiger partial charge is 0.444 e. The van der Waals surface area contributed by atoms with Crippen LogP contribution >= 0.6 is 24.0 Å². The number of amides is 1. The highest BCUT2D eigenvalue weighted by molar-refractivity contribution is 14.0. The fourth-order valence-electron chi connectivity index (χ4n) is 3.79. The monoisotopic (exact) mass is 549 g/mol. The minimum Gasteiger partial charge on any atom is -0.444 e. The van der Waals surface area contributed by atoms with Crippen LogP contribution in [0, 0.1) is 19.8 Å².